The van der Waals surface area contributed by atoms with Gasteiger partial charge in [0.2, 0.25) is 6.79 Å². The summed E-state index contributed by atoms with van der Waals surface area (Å²) in [7, 11) is 0. The smallest absolute Gasteiger partial charge is 0.270 e. The molecule has 0 unspecified atom stereocenters. The van der Waals surface area contributed by atoms with Crippen molar-refractivity contribution in [2.24, 2.45) is 0 Å². The molecule has 1 aromatic heterocycles. The number of anilines is 1. The first kappa shape index (κ1) is 16.7. The number of rotatable bonds is 5. The van der Waals surface area contributed by atoms with Crippen molar-refractivity contribution in [3.63, 3.8) is 0 Å². The standard InChI is InChI=1S/C20H23N3O3/c24-20(23-15-4-2-1-3-5-15)17-11-16(8-9-21-17)22-12-14-6-7-18-19(10-14)26-13-25-18/h6-11,15H,1-5,12-13H2,(H,21,22)(H,23,24). The normalized spacial score (nSPS) is 16.3. The highest BCUT2D eigenvalue weighted by molar-refractivity contribution is 5.93. The molecule has 0 bridgehead atoms. The van der Waals surface area contributed by atoms with Crippen molar-refractivity contribution >= 4 is 11.6 Å². The quantitative estimate of drug-likeness (QED) is 0.861. The molecule has 1 fully saturated rings. The molecule has 2 aromatic rings. The Morgan fingerprint density at radius 3 is 2.81 bits per heavy atom. The van der Waals surface area contributed by atoms with E-state index in [0.717, 1.165) is 35.6 Å². The molecule has 0 radical (unpaired) electrons. The highest BCUT2D eigenvalue weighted by atomic mass is 16.7. The first-order valence-electron chi connectivity index (χ1n) is 9.17. The predicted octanol–water partition coefficient (Wildman–Crippen LogP) is 3.48. The van der Waals surface area contributed by atoms with Crippen molar-refractivity contribution in [2.45, 2.75) is 44.7 Å². The van der Waals surface area contributed by atoms with Crippen LogP contribution in [0.3, 0.4) is 0 Å². The predicted molar refractivity (Wildman–Crippen MR) is 98.5 cm³/mol. The molecule has 2 N–H and O–H groups in total. The maximum Gasteiger partial charge on any atom is 0.270 e. The van der Waals surface area contributed by atoms with E-state index in [1.165, 1.54) is 19.3 Å². The molecular weight excluding hydrogens is 330 g/mol. The third-order valence-corrected chi connectivity index (χ3v) is 4.87. The van der Waals surface area contributed by atoms with E-state index in [1.54, 1.807) is 12.3 Å². The lowest BCUT2D eigenvalue weighted by Crippen LogP contribution is -2.36. The van der Waals surface area contributed by atoms with E-state index < -0.39 is 0 Å². The van der Waals surface area contributed by atoms with Gasteiger partial charge in [0, 0.05) is 24.5 Å². The maximum atomic E-state index is 12.4. The Bertz CT molecular complexity index is 788. The van der Waals surface area contributed by atoms with Crippen LogP contribution in [0.4, 0.5) is 5.69 Å². The molecule has 1 saturated carbocycles. The number of hydrogen-bond donors (Lipinski definition) is 2. The summed E-state index contributed by atoms with van der Waals surface area (Å²) < 4.78 is 10.7. The van der Waals surface area contributed by atoms with Crippen LogP contribution < -0.4 is 20.1 Å². The van der Waals surface area contributed by atoms with Gasteiger partial charge >= 0.3 is 0 Å². The molecule has 2 heterocycles. The second kappa shape index (κ2) is 7.64. The molecule has 0 saturated heterocycles. The van der Waals surface area contributed by atoms with Crippen LogP contribution in [0, 0.1) is 0 Å². The second-order valence-electron chi connectivity index (χ2n) is 6.78. The van der Waals surface area contributed by atoms with Gasteiger partial charge in [-0.2, -0.15) is 0 Å². The van der Waals surface area contributed by atoms with Crippen molar-refractivity contribution < 1.29 is 14.3 Å². The highest BCUT2D eigenvalue weighted by Gasteiger charge is 2.17. The fourth-order valence-electron chi connectivity index (χ4n) is 3.43. The summed E-state index contributed by atoms with van der Waals surface area (Å²) >= 11 is 0. The van der Waals surface area contributed by atoms with E-state index >= 15 is 0 Å². The van der Waals surface area contributed by atoms with E-state index in [-0.39, 0.29) is 18.7 Å². The van der Waals surface area contributed by atoms with Crippen LogP contribution in [0.1, 0.15) is 48.2 Å². The van der Waals surface area contributed by atoms with Crippen molar-refractivity contribution in [1.29, 1.82) is 0 Å². The summed E-state index contributed by atoms with van der Waals surface area (Å²) in [6, 6.07) is 9.82. The average molecular weight is 353 g/mol. The van der Waals surface area contributed by atoms with Crippen LogP contribution in [0.25, 0.3) is 0 Å². The van der Waals surface area contributed by atoms with Crippen molar-refractivity contribution in [1.82, 2.24) is 10.3 Å². The lowest BCUT2D eigenvalue weighted by Gasteiger charge is -2.22. The third kappa shape index (κ3) is 3.90. The second-order valence-corrected chi connectivity index (χ2v) is 6.78. The molecule has 1 aromatic carbocycles. The van der Waals surface area contributed by atoms with E-state index in [2.05, 4.69) is 15.6 Å². The molecule has 0 atom stereocenters. The first-order valence-corrected chi connectivity index (χ1v) is 9.17. The minimum Gasteiger partial charge on any atom is -0.454 e. The largest absolute Gasteiger partial charge is 0.454 e. The maximum absolute atomic E-state index is 12.4. The molecule has 26 heavy (non-hydrogen) atoms. The number of fused-ring (bicyclic) bond motifs is 1. The van der Waals surface area contributed by atoms with Crippen LogP contribution in [0.5, 0.6) is 11.5 Å². The summed E-state index contributed by atoms with van der Waals surface area (Å²) in [5.41, 5.74) is 2.40. The van der Waals surface area contributed by atoms with Crippen molar-refractivity contribution in [2.75, 3.05) is 12.1 Å². The summed E-state index contributed by atoms with van der Waals surface area (Å²) in [6.07, 6.45) is 7.44. The van der Waals surface area contributed by atoms with Gasteiger partial charge in [0.1, 0.15) is 5.69 Å². The van der Waals surface area contributed by atoms with Gasteiger partial charge in [-0.15, -0.1) is 0 Å². The first-order chi connectivity index (χ1) is 12.8. The van der Waals surface area contributed by atoms with Crippen molar-refractivity contribution in [3.8, 4) is 11.5 Å². The van der Waals surface area contributed by atoms with E-state index in [4.69, 9.17) is 9.47 Å². The van der Waals surface area contributed by atoms with Gasteiger partial charge in [0.25, 0.3) is 5.91 Å². The van der Waals surface area contributed by atoms with Crippen LogP contribution in [0.15, 0.2) is 36.5 Å². The zero-order valence-corrected chi connectivity index (χ0v) is 14.7. The van der Waals surface area contributed by atoms with Crippen LogP contribution in [0.2, 0.25) is 0 Å². The number of nitrogens with one attached hydrogen (secondary N) is 2. The Labute approximate surface area is 152 Å². The molecule has 0 spiro atoms. The lowest BCUT2D eigenvalue weighted by molar-refractivity contribution is 0.0922. The van der Waals surface area contributed by atoms with Crippen LogP contribution in [-0.2, 0) is 6.54 Å². The fourth-order valence-corrected chi connectivity index (χ4v) is 3.43. The van der Waals surface area contributed by atoms with Gasteiger partial charge in [-0.25, -0.2) is 0 Å². The fraction of sp³-hybridized carbons (Fsp3) is 0.400. The zero-order valence-electron chi connectivity index (χ0n) is 14.7. The number of benzene rings is 1. The molecular formula is C20H23N3O3. The molecule has 1 amide bonds. The van der Waals surface area contributed by atoms with Crippen LogP contribution >= 0.6 is 0 Å². The Balaban J connectivity index is 1.37. The number of aromatic nitrogens is 1. The Hall–Kier alpha value is -2.76. The summed E-state index contributed by atoms with van der Waals surface area (Å²) in [4.78, 5) is 16.7. The van der Waals surface area contributed by atoms with E-state index in [1.807, 2.05) is 24.3 Å². The average Bonchev–Trinajstić information content (AvgIpc) is 3.15. The zero-order chi connectivity index (χ0) is 17.8. The van der Waals surface area contributed by atoms with Gasteiger partial charge in [-0.05, 0) is 42.7 Å². The van der Waals surface area contributed by atoms with Gasteiger partial charge in [0.05, 0.1) is 0 Å². The molecule has 4 rings (SSSR count). The Morgan fingerprint density at radius 2 is 1.92 bits per heavy atom. The van der Waals surface area contributed by atoms with E-state index in [9.17, 15) is 4.79 Å². The number of hydrogen-bond acceptors (Lipinski definition) is 5. The Morgan fingerprint density at radius 1 is 1.08 bits per heavy atom. The summed E-state index contributed by atoms with van der Waals surface area (Å²) in [6.45, 7) is 0.903. The molecule has 1 aliphatic carbocycles. The van der Waals surface area contributed by atoms with Gasteiger partial charge in [-0.1, -0.05) is 25.3 Å². The molecule has 6 heteroatoms. The number of nitrogens with zero attached hydrogens (tertiary/aromatic N) is 1. The summed E-state index contributed by atoms with van der Waals surface area (Å²) in [5, 5.41) is 6.44. The summed E-state index contributed by atoms with van der Waals surface area (Å²) in [5.74, 6) is 1.45. The van der Waals surface area contributed by atoms with Gasteiger partial charge in [-0.3, -0.25) is 9.78 Å². The number of ether oxygens (including phenoxy) is 2. The number of carbonyl (C=O) groups excluding carboxylic acids is 1. The SMILES string of the molecule is O=C(NC1CCCCC1)c1cc(NCc2ccc3c(c2)OCO3)ccn1. The van der Waals surface area contributed by atoms with E-state index in [0.29, 0.717) is 12.2 Å². The number of amides is 1. The number of pyridine rings is 1. The van der Waals surface area contributed by atoms with Gasteiger partial charge in [0.15, 0.2) is 11.5 Å². The molecule has 1 aliphatic heterocycles. The monoisotopic (exact) mass is 353 g/mol. The van der Waals surface area contributed by atoms with Crippen molar-refractivity contribution in [3.05, 3.63) is 47.8 Å². The molecule has 136 valence electrons. The highest BCUT2D eigenvalue weighted by Crippen LogP contribution is 2.32. The minimum atomic E-state index is -0.0939. The molecule has 6 nitrogen and oxygen atoms in total. The Kier molecular flexibility index (Phi) is 4.91. The topological polar surface area (TPSA) is 72.5 Å². The minimum absolute atomic E-state index is 0.0939. The lowest BCUT2D eigenvalue weighted by atomic mass is 9.95. The third-order valence-electron chi connectivity index (χ3n) is 4.87. The molecule has 2 aliphatic rings. The van der Waals surface area contributed by atoms with Gasteiger partial charge < -0.3 is 20.1 Å². The number of carbonyl (C=O) groups is 1. The van der Waals surface area contributed by atoms with Crippen LogP contribution in [-0.4, -0.2) is 23.7 Å².